The summed E-state index contributed by atoms with van der Waals surface area (Å²) >= 11 is 0. The Kier molecular flexibility index (Phi) is 5.53. The minimum Gasteiger partial charge on any atom is -0.459 e. The van der Waals surface area contributed by atoms with E-state index in [0.717, 1.165) is 12.0 Å². The van der Waals surface area contributed by atoms with Crippen molar-refractivity contribution in [3.8, 4) is 0 Å². The lowest BCUT2D eigenvalue weighted by Gasteiger charge is -2.27. The average Bonchev–Trinajstić information content (AvgIpc) is 2.97. The van der Waals surface area contributed by atoms with Gasteiger partial charge in [0.05, 0.1) is 0 Å². The normalized spacial score (nSPS) is 20.5. The second kappa shape index (κ2) is 7.59. The van der Waals surface area contributed by atoms with Crippen LogP contribution in [0.4, 0.5) is 0 Å². The molecule has 22 heavy (non-hydrogen) atoms. The first-order valence-electron chi connectivity index (χ1n) is 7.43. The highest BCUT2D eigenvalue weighted by Crippen LogP contribution is 2.28. The molecule has 2 atom stereocenters. The van der Waals surface area contributed by atoms with Crippen molar-refractivity contribution < 1.29 is 14.3 Å². The fraction of sp³-hybridized carbons (Fsp3) is 0.333. The first kappa shape index (κ1) is 16.0. The van der Waals surface area contributed by atoms with E-state index >= 15 is 0 Å². The number of esters is 1. The maximum absolute atomic E-state index is 12.3. The van der Waals surface area contributed by atoms with Gasteiger partial charge >= 0.3 is 5.97 Å². The van der Waals surface area contributed by atoms with Crippen LogP contribution in [-0.2, 0) is 20.9 Å². The highest BCUT2D eigenvalue weighted by Gasteiger charge is 2.40. The number of hydrogen-bond acceptors (Lipinski definition) is 3. The molecule has 1 heterocycles. The number of rotatable bonds is 6. The van der Waals surface area contributed by atoms with E-state index in [4.69, 9.17) is 4.74 Å². The molecule has 1 saturated heterocycles. The molecule has 0 bridgehead atoms. The molecule has 4 heteroatoms. The zero-order valence-electron chi connectivity index (χ0n) is 12.6. The summed E-state index contributed by atoms with van der Waals surface area (Å²) < 4.78 is 5.37. The number of carbonyl (C=O) groups excluding carboxylic acids is 2. The van der Waals surface area contributed by atoms with Crippen molar-refractivity contribution in [3.63, 3.8) is 0 Å². The summed E-state index contributed by atoms with van der Waals surface area (Å²) in [6.07, 6.45) is 5.08. The highest BCUT2D eigenvalue weighted by molar-refractivity contribution is 5.92. The molecule has 2 rings (SSSR count). The van der Waals surface area contributed by atoms with Crippen molar-refractivity contribution in [2.75, 3.05) is 0 Å². The van der Waals surface area contributed by atoms with Crippen LogP contribution in [0.25, 0.3) is 0 Å². The lowest BCUT2D eigenvalue weighted by Crippen LogP contribution is -2.44. The van der Waals surface area contributed by atoms with Crippen LogP contribution >= 0.6 is 0 Å². The molecule has 4 nitrogen and oxygen atoms in total. The maximum atomic E-state index is 12.3. The number of ether oxygens (including phenoxy) is 1. The van der Waals surface area contributed by atoms with Crippen molar-refractivity contribution in [1.29, 1.82) is 0 Å². The van der Waals surface area contributed by atoms with E-state index < -0.39 is 6.04 Å². The zero-order chi connectivity index (χ0) is 15.9. The summed E-state index contributed by atoms with van der Waals surface area (Å²) in [5.41, 5.74) is 0.929. The molecule has 1 aromatic rings. The number of likely N-dealkylation sites (tertiary alicyclic amines) is 1. The van der Waals surface area contributed by atoms with E-state index in [9.17, 15) is 9.59 Å². The van der Waals surface area contributed by atoms with E-state index in [1.54, 1.807) is 11.0 Å². The molecule has 0 spiro atoms. The summed E-state index contributed by atoms with van der Waals surface area (Å²) in [5, 5.41) is 0. The SMILES string of the molecule is C=CC[C@H]1CC[C@@H](C(=O)OCc2ccccc2)N1C(=O)C=C. The van der Waals surface area contributed by atoms with Gasteiger partial charge in [0, 0.05) is 6.04 Å². The third-order valence-electron chi connectivity index (χ3n) is 3.87. The number of hydrogen-bond donors (Lipinski definition) is 0. The minimum absolute atomic E-state index is 0.00252. The van der Waals surface area contributed by atoms with Crippen LogP contribution in [-0.4, -0.2) is 28.9 Å². The van der Waals surface area contributed by atoms with E-state index in [1.807, 2.05) is 30.3 Å². The van der Waals surface area contributed by atoms with Gasteiger partial charge in [0.25, 0.3) is 0 Å². The van der Waals surface area contributed by atoms with E-state index in [0.29, 0.717) is 12.8 Å². The smallest absolute Gasteiger partial charge is 0.329 e. The molecule has 1 fully saturated rings. The molecular formula is C18H21NO3. The molecule has 0 aromatic heterocycles. The molecule has 116 valence electrons. The molecule has 0 unspecified atom stereocenters. The molecule has 0 radical (unpaired) electrons. The Morgan fingerprint density at radius 3 is 2.59 bits per heavy atom. The van der Waals surface area contributed by atoms with Crippen molar-refractivity contribution >= 4 is 11.9 Å². The first-order chi connectivity index (χ1) is 10.7. The predicted octanol–water partition coefficient (Wildman–Crippen LogP) is 2.85. The van der Waals surface area contributed by atoms with Gasteiger partial charge in [0.1, 0.15) is 12.6 Å². The zero-order valence-corrected chi connectivity index (χ0v) is 12.6. The molecule has 0 N–H and O–H groups in total. The third kappa shape index (κ3) is 3.64. The number of benzene rings is 1. The van der Waals surface area contributed by atoms with Crippen LogP contribution in [0.2, 0.25) is 0 Å². The van der Waals surface area contributed by atoms with Gasteiger partial charge in [-0.05, 0) is 30.9 Å². The topological polar surface area (TPSA) is 46.6 Å². The quantitative estimate of drug-likeness (QED) is 0.461. The maximum Gasteiger partial charge on any atom is 0.329 e. The summed E-state index contributed by atoms with van der Waals surface area (Å²) in [7, 11) is 0. The highest BCUT2D eigenvalue weighted by atomic mass is 16.5. The van der Waals surface area contributed by atoms with Crippen LogP contribution < -0.4 is 0 Å². The van der Waals surface area contributed by atoms with Gasteiger partial charge in [-0.15, -0.1) is 6.58 Å². The van der Waals surface area contributed by atoms with Gasteiger partial charge in [-0.1, -0.05) is 43.0 Å². The van der Waals surface area contributed by atoms with Gasteiger partial charge in [0.15, 0.2) is 0 Å². The Hall–Kier alpha value is -2.36. The van der Waals surface area contributed by atoms with E-state index in [2.05, 4.69) is 13.2 Å². The molecule has 1 aliphatic heterocycles. The summed E-state index contributed by atoms with van der Waals surface area (Å²) in [6, 6.07) is 8.96. The standard InChI is InChI=1S/C18H21NO3/c1-3-8-15-11-12-16(19(15)17(20)4-2)18(21)22-13-14-9-6-5-7-10-14/h3-7,9-10,15-16H,1-2,8,11-13H2/t15-,16-/m0/s1. The van der Waals surface area contributed by atoms with Gasteiger partial charge in [-0.2, -0.15) is 0 Å². The Bertz CT molecular complexity index is 553. The van der Waals surface area contributed by atoms with Gasteiger partial charge in [-0.25, -0.2) is 4.79 Å². The van der Waals surface area contributed by atoms with E-state index in [1.165, 1.54) is 6.08 Å². The average molecular weight is 299 g/mol. The van der Waals surface area contributed by atoms with Crippen LogP contribution in [0.5, 0.6) is 0 Å². The molecular weight excluding hydrogens is 278 g/mol. The molecule has 1 aliphatic rings. The lowest BCUT2D eigenvalue weighted by molar-refractivity contribution is -0.154. The third-order valence-corrected chi connectivity index (χ3v) is 3.87. The molecule has 0 saturated carbocycles. The second-order valence-electron chi connectivity index (χ2n) is 5.31. The summed E-state index contributed by atoms with van der Waals surface area (Å²) in [4.78, 5) is 26.0. The van der Waals surface area contributed by atoms with E-state index in [-0.39, 0.29) is 24.5 Å². The van der Waals surface area contributed by atoms with Gasteiger partial charge in [-0.3, -0.25) is 4.79 Å². The van der Waals surface area contributed by atoms with Gasteiger partial charge < -0.3 is 9.64 Å². The van der Waals surface area contributed by atoms with Crippen molar-refractivity contribution in [3.05, 3.63) is 61.2 Å². The molecule has 1 aromatic carbocycles. The predicted molar refractivity (Wildman–Crippen MR) is 84.9 cm³/mol. The Balaban J connectivity index is 2.02. The van der Waals surface area contributed by atoms with Crippen LogP contribution in [0, 0.1) is 0 Å². The van der Waals surface area contributed by atoms with Crippen LogP contribution in [0.3, 0.4) is 0 Å². The monoisotopic (exact) mass is 299 g/mol. The fourth-order valence-corrected chi connectivity index (χ4v) is 2.80. The summed E-state index contributed by atoms with van der Waals surface area (Å²) in [5.74, 6) is -0.586. The largest absolute Gasteiger partial charge is 0.459 e. The second-order valence-corrected chi connectivity index (χ2v) is 5.31. The Morgan fingerprint density at radius 1 is 1.23 bits per heavy atom. The number of carbonyl (C=O) groups is 2. The van der Waals surface area contributed by atoms with Crippen molar-refractivity contribution in [2.45, 2.75) is 38.0 Å². The Labute approximate surface area is 131 Å². The molecule has 1 amide bonds. The molecule has 0 aliphatic carbocycles. The number of amides is 1. The summed E-state index contributed by atoms with van der Waals surface area (Å²) in [6.45, 7) is 7.45. The van der Waals surface area contributed by atoms with Crippen molar-refractivity contribution in [1.82, 2.24) is 4.90 Å². The van der Waals surface area contributed by atoms with Crippen LogP contribution in [0.15, 0.2) is 55.6 Å². The van der Waals surface area contributed by atoms with Crippen LogP contribution in [0.1, 0.15) is 24.8 Å². The van der Waals surface area contributed by atoms with Crippen molar-refractivity contribution in [2.24, 2.45) is 0 Å². The number of nitrogens with zero attached hydrogens (tertiary/aromatic N) is 1. The Morgan fingerprint density at radius 2 is 1.95 bits per heavy atom. The lowest BCUT2D eigenvalue weighted by atomic mass is 10.1. The first-order valence-corrected chi connectivity index (χ1v) is 7.43. The van der Waals surface area contributed by atoms with Gasteiger partial charge in [0.2, 0.25) is 5.91 Å². The minimum atomic E-state index is -0.529. The fourth-order valence-electron chi connectivity index (χ4n) is 2.80.